The highest BCUT2D eigenvalue weighted by atomic mass is 31.0. The molecule has 0 aliphatic rings. The number of carbonyl (C=O) groups is 1. The first-order valence-corrected chi connectivity index (χ1v) is 4.57. The van der Waals surface area contributed by atoms with Gasteiger partial charge in [-0.25, -0.2) is 4.74 Å². The van der Waals surface area contributed by atoms with Crippen molar-refractivity contribution in [3.8, 4) is 11.5 Å². The standard InChI is InChI=1S/C10H10NO3P/c1-6(12)7-4-5-8(13-2)10(14-3)9(7)11-15/h15H,1-3H3. The highest BCUT2D eigenvalue weighted by Gasteiger charge is 2.15. The van der Waals surface area contributed by atoms with Crippen molar-refractivity contribution in [2.75, 3.05) is 14.2 Å². The van der Waals surface area contributed by atoms with Crippen LogP contribution in [-0.2, 0) is 0 Å². The fraction of sp³-hybridized carbons (Fsp3) is 0.300. The Morgan fingerprint density at radius 3 is 2.40 bits per heavy atom. The third kappa shape index (κ3) is 2.08. The molecule has 0 N–H and O–H groups in total. The van der Waals surface area contributed by atoms with Gasteiger partial charge in [0.25, 0.3) is 0 Å². The van der Waals surface area contributed by atoms with Gasteiger partial charge in [0.15, 0.2) is 11.5 Å². The molecule has 0 saturated carbocycles. The molecule has 0 saturated heterocycles. The number of ketones is 1. The predicted octanol–water partition coefficient (Wildman–Crippen LogP) is 2.46. The fourth-order valence-electron chi connectivity index (χ4n) is 1.15. The number of rotatable bonds is 4. The van der Waals surface area contributed by atoms with E-state index in [-0.39, 0.29) is 5.78 Å². The van der Waals surface area contributed by atoms with Crippen LogP contribution in [0.5, 0.6) is 11.5 Å². The van der Waals surface area contributed by atoms with Crippen molar-refractivity contribution in [2.24, 2.45) is 4.74 Å². The number of hydrogen-bond acceptors (Lipinski definition) is 4. The van der Waals surface area contributed by atoms with Crippen molar-refractivity contribution in [1.82, 2.24) is 0 Å². The maximum Gasteiger partial charge on any atom is 0.215 e. The highest BCUT2D eigenvalue weighted by Crippen LogP contribution is 2.38. The molecule has 0 bridgehead atoms. The quantitative estimate of drug-likeness (QED) is 0.581. The van der Waals surface area contributed by atoms with Crippen LogP contribution in [0.15, 0.2) is 4.74 Å². The molecule has 0 aliphatic heterocycles. The zero-order valence-electron chi connectivity index (χ0n) is 8.67. The summed E-state index contributed by atoms with van der Waals surface area (Å²) in [6, 6.07) is 5.36. The molecule has 0 aliphatic carbocycles. The molecule has 0 radical (unpaired) electrons. The van der Waals surface area contributed by atoms with Crippen molar-refractivity contribution in [1.29, 1.82) is 0 Å². The lowest BCUT2D eigenvalue weighted by molar-refractivity contribution is 0.101. The average Bonchev–Trinajstić information content (AvgIpc) is 2.26. The van der Waals surface area contributed by atoms with Crippen LogP contribution in [0.25, 0.3) is 0 Å². The summed E-state index contributed by atoms with van der Waals surface area (Å²) in [5.41, 5.74) is 0.667. The average molecular weight is 223 g/mol. The molecule has 15 heavy (non-hydrogen) atoms. The first-order chi connectivity index (χ1) is 7.15. The zero-order chi connectivity index (χ0) is 11.4. The zero-order valence-corrected chi connectivity index (χ0v) is 9.67. The summed E-state index contributed by atoms with van der Waals surface area (Å²) >= 11 is 0. The van der Waals surface area contributed by atoms with Crippen LogP contribution in [0.2, 0.25) is 0 Å². The van der Waals surface area contributed by atoms with Crippen LogP contribution in [0.4, 0.5) is 5.69 Å². The molecule has 0 unspecified atom stereocenters. The molecule has 0 amide bonds. The summed E-state index contributed by atoms with van der Waals surface area (Å²) in [7, 11) is 5.93. The Kier molecular flexibility index (Phi) is 3.65. The number of hydrogen-bond donors (Lipinski definition) is 0. The monoisotopic (exact) mass is 223 g/mol. The maximum atomic E-state index is 11.3. The van der Waals surface area contributed by atoms with E-state index in [1.54, 1.807) is 0 Å². The van der Waals surface area contributed by atoms with E-state index in [4.69, 9.17) is 9.47 Å². The summed E-state index contributed by atoms with van der Waals surface area (Å²) in [6.07, 6.45) is 0. The molecule has 4 nitrogen and oxygen atoms in total. The molecule has 0 aromatic heterocycles. The van der Waals surface area contributed by atoms with E-state index in [9.17, 15) is 4.79 Å². The van der Waals surface area contributed by atoms with Crippen LogP contribution in [0, 0.1) is 12.1 Å². The molecule has 0 spiro atoms. The van der Waals surface area contributed by atoms with Gasteiger partial charge in [-0.1, -0.05) is 6.07 Å². The molecule has 0 heterocycles. The Hall–Kier alpha value is -1.59. The number of ether oxygens (including phenoxy) is 2. The SMILES string of the molecule is COc1c#cc(C(C)=O)c(N=P)c1OC. The van der Waals surface area contributed by atoms with Gasteiger partial charge in [0.05, 0.1) is 19.8 Å². The molecule has 1 rings (SSSR count). The van der Waals surface area contributed by atoms with Crippen molar-refractivity contribution in [3.63, 3.8) is 0 Å². The molecular formula is C10H10NO3P. The Morgan fingerprint density at radius 1 is 1.33 bits per heavy atom. The van der Waals surface area contributed by atoms with Gasteiger partial charge >= 0.3 is 0 Å². The largest absolute Gasteiger partial charge is 0.490 e. The topological polar surface area (TPSA) is 47.9 Å². The summed E-state index contributed by atoms with van der Waals surface area (Å²) in [4.78, 5) is 11.3. The lowest BCUT2D eigenvalue weighted by atomic mass is 10.1. The van der Waals surface area contributed by atoms with E-state index >= 15 is 0 Å². The maximum absolute atomic E-state index is 11.3. The number of nitrogens with zero attached hydrogens (tertiary/aromatic N) is 1. The lowest BCUT2D eigenvalue weighted by Crippen LogP contribution is -1.96. The lowest BCUT2D eigenvalue weighted by Gasteiger charge is -2.08. The Labute approximate surface area is 90.5 Å². The third-order valence-electron chi connectivity index (χ3n) is 1.83. The van der Waals surface area contributed by atoms with E-state index in [0.717, 1.165) is 0 Å². The van der Waals surface area contributed by atoms with Gasteiger partial charge in [0.2, 0.25) is 5.75 Å². The first-order valence-electron chi connectivity index (χ1n) is 4.13. The molecule has 0 fully saturated rings. The van der Waals surface area contributed by atoms with E-state index in [2.05, 4.69) is 25.9 Å². The van der Waals surface area contributed by atoms with Gasteiger partial charge in [-0.3, -0.25) is 4.79 Å². The Bertz CT molecular complexity index is 404. The fourth-order valence-corrected chi connectivity index (χ4v) is 1.36. The Balaban J connectivity index is 3.47. The van der Waals surface area contributed by atoms with Gasteiger partial charge in [-0.15, -0.1) is 0 Å². The van der Waals surface area contributed by atoms with E-state index < -0.39 is 0 Å². The molecule has 78 valence electrons. The molecule has 1 aromatic rings. The first kappa shape index (κ1) is 11.5. The highest BCUT2D eigenvalue weighted by molar-refractivity contribution is 7.04. The van der Waals surface area contributed by atoms with Gasteiger partial charge < -0.3 is 9.47 Å². The van der Waals surface area contributed by atoms with Crippen LogP contribution < -0.4 is 9.47 Å². The molecular weight excluding hydrogens is 213 g/mol. The van der Waals surface area contributed by atoms with Crippen LogP contribution in [-0.4, -0.2) is 20.0 Å². The van der Waals surface area contributed by atoms with Gasteiger partial charge in [0, 0.05) is 0 Å². The number of methoxy groups -OCH3 is 2. The van der Waals surface area contributed by atoms with E-state index in [1.807, 2.05) is 0 Å². The minimum atomic E-state index is -0.163. The van der Waals surface area contributed by atoms with Crippen LogP contribution >= 0.6 is 9.03 Å². The minimum absolute atomic E-state index is 0.163. The normalized spacial score (nSPS) is 9.00. The van der Waals surface area contributed by atoms with Crippen molar-refractivity contribution >= 4 is 20.5 Å². The van der Waals surface area contributed by atoms with Gasteiger partial charge in [-0.2, -0.15) is 0 Å². The minimum Gasteiger partial charge on any atom is -0.490 e. The van der Waals surface area contributed by atoms with Crippen molar-refractivity contribution < 1.29 is 14.3 Å². The van der Waals surface area contributed by atoms with Crippen molar-refractivity contribution in [3.05, 3.63) is 17.7 Å². The van der Waals surface area contributed by atoms with E-state index in [0.29, 0.717) is 22.7 Å². The second kappa shape index (κ2) is 4.77. The predicted molar refractivity (Wildman–Crippen MR) is 57.6 cm³/mol. The van der Waals surface area contributed by atoms with Crippen molar-refractivity contribution in [2.45, 2.75) is 6.92 Å². The molecule has 1 aromatic carbocycles. The summed E-state index contributed by atoms with van der Waals surface area (Å²) in [6.45, 7) is 1.42. The summed E-state index contributed by atoms with van der Waals surface area (Å²) < 4.78 is 13.9. The number of carbonyl (C=O) groups excluding carboxylic acids is 1. The van der Waals surface area contributed by atoms with Crippen LogP contribution in [0.3, 0.4) is 0 Å². The second-order valence-electron chi connectivity index (χ2n) is 2.71. The van der Waals surface area contributed by atoms with E-state index in [1.165, 1.54) is 21.1 Å². The van der Waals surface area contributed by atoms with Crippen LogP contribution in [0.1, 0.15) is 17.3 Å². The number of Topliss-reactive ketones (excluding diaryl/α,β-unsaturated/α-hetero) is 1. The summed E-state index contributed by atoms with van der Waals surface area (Å²) in [5, 5.41) is 0. The smallest absolute Gasteiger partial charge is 0.215 e. The Morgan fingerprint density at radius 2 is 2.00 bits per heavy atom. The third-order valence-corrected chi connectivity index (χ3v) is 2.05. The van der Waals surface area contributed by atoms with Gasteiger partial charge in [-0.05, 0) is 22.0 Å². The van der Waals surface area contributed by atoms with Gasteiger partial charge in [0.1, 0.15) is 5.69 Å². The summed E-state index contributed by atoms with van der Waals surface area (Å²) in [5.74, 6) is 0.556. The molecule has 0 atom stereocenters. The molecule has 5 heteroatoms. The second-order valence-corrected chi connectivity index (χ2v) is 2.93.